The molecule has 1 aliphatic heterocycles. The molecule has 1 aromatic heterocycles. The Morgan fingerprint density at radius 2 is 2.21 bits per heavy atom. The van der Waals surface area contributed by atoms with Crippen molar-refractivity contribution in [3.63, 3.8) is 0 Å². The molecule has 1 aliphatic carbocycles. The van der Waals surface area contributed by atoms with Crippen molar-refractivity contribution in [3.05, 3.63) is 54.1 Å². The molecule has 5 heteroatoms. The van der Waals surface area contributed by atoms with Crippen LogP contribution in [-0.4, -0.2) is 33.2 Å². The van der Waals surface area contributed by atoms with Crippen LogP contribution in [0.15, 0.2) is 42.7 Å². The zero-order valence-corrected chi connectivity index (χ0v) is 13.6. The highest BCUT2D eigenvalue weighted by atomic mass is 19.1. The summed E-state index contributed by atoms with van der Waals surface area (Å²) in [5, 5.41) is 4.27. The topological polar surface area (TPSA) is 38.1 Å². The van der Waals surface area contributed by atoms with Crippen molar-refractivity contribution in [1.82, 2.24) is 14.7 Å². The highest BCUT2D eigenvalue weighted by Crippen LogP contribution is 2.49. The van der Waals surface area contributed by atoms with Gasteiger partial charge in [0.25, 0.3) is 0 Å². The van der Waals surface area contributed by atoms with Crippen molar-refractivity contribution in [2.45, 2.75) is 44.2 Å². The van der Waals surface area contributed by atoms with Crippen molar-refractivity contribution >= 4 is 5.91 Å². The van der Waals surface area contributed by atoms with E-state index in [2.05, 4.69) is 10.00 Å². The minimum absolute atomic E-state index is 0.0185. The summed E-state index contributed by atoms with van der Waals surface area (Å²) >= 11 is 0. The van der Waals surface area contributed by atoms with Crippen molar-refractivity contribution in [2.75, 3.05) is 6.54 Å². The smallest absolute Gasteiger partial charge is 0.226 e. The molecular formula is C19H22FN3O. The van der Waals surface area contributed by atoms with E-state index >= 15 is 0 Å². The third-order valence-corrected chi connectivity index (χ3v) is 5.25. The third-order valence-electron chi connectivity index (χ3n) is 5.25. The van der Waals surface area contributed by atoms with Crippen LogP contribution in [0, 0.1) is 11.7 Å². The van der Waals surface area contributed by atoms with Gasteiger partial charge in [0.2, 0.25) is 5.91 Å². The molecule has 2 heterocycles. The molecule has 1 saturated heterocycles. The van der Waals surface area contributed by atoms with Gasteiger partial charge in [0.1, 0.15) is 5.82 Å². The minimum atomic E-state index is -0.222. The molecule has 1 amide bonds. The lowest BCUT2D eigenvalue weighted by molar-refractivity contribution is -0.136. The minimum Gasteiger partial charge on any atom is -0.338 e. The predicted molar refractivity (Wildman–Crippen MR) is 88.8 cm³/mol. The normalized spacial score (nSPS) is 26.4. The van der Waals surface area contributed by atoms with Gasteiger partial charge in [-0.25, -0.2) is 4.39 Å². The molecular weight excluding hydrogens is 305 g/mol. The molecule has 1 saturated carbocycles. The monoisotopic (exact) mass is 327 g/mol. The summed E-state index contributed by atoms with van der Waals surface area (Å²) in [7, 11) is 0. The molecule has 2 aliphatic rings. The van der Waals surface area contributed by atoms with E-state index in [9.17, 15) is 9.18 Å². The summed E-state index contributed by atoms with van der Waals surface area (Å²) in [6.07, 6.45) is 7.82. The highest BCUT2D eigenvalue weighted by Gasteiger charge is 2.47. The van der Waals surface area contributed by atoms with Gasteiger partial charge in [0.05, 0.1) is 12.6 Å². The molecule has 0 N–H and O–H groups in total. The number of nitrogens with zero attached hydrogens (tertiary/aromatic N) is 3. The number of halogens is 1. The average Bonchev–Trinajstić information content (AvgIpc) is 3.24. The molecule has 126 valence electrons. The Morgan fingerprint density at radius 3 is 3.00 bits per heavy atom. The first-order valence-electron chi connectivity index (χ1n) is 8.76. The molecule has 2 fully saturated rings. The molecule has 3 atom stereocenters. The summed E-state index contributed by atoms with van der Waals surface area (Å²) in [6, 6.07) is 8.81. The largest absolute Gasteiger partial charge is 0.338 e. The number of carbonyl (C=O) groups excluding carboxylic acids is 1. The van der Waals surface area contributed by atoms with E-state index in [1.807, 2.05) is 23.0 Å². The van der Waals surface area contributed by atoms with Crippen LogP contribution >= 0.6 is 0 Å². The highest BCUT2D eigenvalue weighted by molar-refractivity contribution is 5.83. The molecule has 4 rings (SSSR count). The Hall–Kier alpha value is -2.17. The van der Waals surface area contributed by atoms with E-state index < -0.39 is 0 Å². The number of aromatic nitrogens is 2. The van der Waals surface area contributed by atoms with Crippen LogP contribution < -0.4 is 0 Å². The second-order valence-corrected chi connectivity index (χ2v) is 6.91. The molecule has 24 heavy (non-hydrogen) atoms. The summed E-state index contributed by atoms with van der Waals surface area (Å²) in [5.41, 5.74) is 0.953. The summed E-state index contributed by atoms with van der Waals surface area (Å²) in [4.78, 5) is 15.0. The van der Waals surface area contributed by atoms with Gasteiger partial charge in [0.15, 0.2) is 0 Å². The van der Waals surface area contributed by atoms with E-state index in [1.165, 1.54) is 6.07 Å². The fourth-order valence-corrected chi connectivity index (χ4v) is 3.89. The lowest BCUT2D eigenvalue weighted by Gasteiger charge is -2.36. The molecule has 0 radical (unpaired) electrons. The SMILES string of the molecule is O=C([C@@H]1C[C@H]1c1cccc(F)c1)N1CCCC[C@@H]1Cn1cccn1. The van der Waals surface area contributed by atoms with Crippen molar-refractivity contribution in [1.29, 1.82) is 0 Å². The van der Waals surface area contributed by atoms with Gasteiger partial charge in [-0.15, -0.1) is 0 Å². The number of hydrogen-bond acceptors (Lipinski definition) is 2. The van der Waals surface area contributed by atoms with Crippen LogP contribution in [0.25, 0.3) is 0 Å². The molecule has 0 bridgehead atoms. The standard InChI is InChI=1S/C19H22FN3O/c20-15-6-3-5-14(11-15)17-12-18(17)19(24)23-10-2-1-7-16(23)13-22-9-4-8-21-22/h3-6,8-9,11,16-18H,1-2,7,10,12-13H2/t16-,17+,18-/m1/s1. The van der Waals surface area contributed by atoms with E-state index in [0.29, 0.717) is 0 Å². The summed E-state index contributed by atoms with van der Waals surface area (Å²) in [6.45, 7) is 1.59. The molecule has 1 aromatic carbocycles. The Morgan fingerprint density at radius 1 is 1.29 bits per heavy atom. The van der Waals surface area contributed by atoms with Gasteiger partial charge in [-0.05, 0) is 55.4 Å². The Kier molecular flexibility index (Phi) is 4.08. The number of amides is 1. The van der Waals surface area contributed by atoms with Crippen LogP contribution in [0.5, 0.6) is 0 Å². The molecule has 2 aromatic rings. The maximum absolute atomic E-state index is 13.4. The Bertz CT molecular complexity index is 715. The lowest BCUT2D eigenvalue weighted by Crippen LogP contribution is -2.46. The maximum atomic E-state index is 13.4. The molecule has 4 nitrogen and oxygen atoms in total. The zero-order chi connectivity index (χ0) is 16.5. The van der Waals surface area contributed by atoms with Gasteiger partial charge in [-0.3, -0.25) is 9.48 Å². The number of likely N-dealkylation sites (tertiary alicyclic amines) is 1. The van der Waals surface area contributed by atoms with Gasteiger partial charge in [-0.2, -0.15) is 5.10 Å². The second-order valence-electron chi connectivity index (χ2n) is 6.91. The van der Waals surface area contributed by atoms with Crippen LogP contribution in [0.2, 0.25) is 0 Å². The molecule has 0 unspecified atom stereocenters. The van der Waals surface area contributed by atoms with Crippen molar-refractivity contribution in [2.24, 2.45) is 5.92 Å². The van der Waals surface area contributed by atoms with Gasteiger partial charge in [0, 0.05) is 24.9 Å². The van der Waals surface area contributed by atoms with Crippen LogP contribution in [0.1, 0.15) is 37.2 Å². The first kappa shape index (κ1) is 15.4. The first-order chi connectivity index (χ1) is 11.7. The molecule has 0 spiro atoms. The maximum Gasteiger partial charge on any atom is 0.226 e. The number of hydrogen-bond donors (Lipinski definition) is 0. The van der Waals surface area contributed by atoms with Gasteiger partial charge in [-0.1, -0.05) is 12.1 Å². The third kappa shape index (κ3) is 3.07. The number of carbonyl (C=O) groups is 1. The first-order valence-corrected chi connectivity index (χ1v) is 8.76. The van der Waals surface area contributed by atoms with E-state index in [1.54, 1.807) is 18.3 Å². The number of rotatable bonds is 4. The van der Waals surface area contributed by atoms with Gasteiger partial charge >= 0.3 is 0 Å². The van der Waals surface area contributed by atoms with Crippen molar-refractivity contribution in [3.8, 4) is 0 Å². The quantitative estimate of drug-likeness (QED) is 0.865. The van der Waals surface area contributed by atoms with Gasteiger partial charge < -0.3 is 4.90 Å². The van der Waals surface area contributed by atoms with Crippen LogP contribution in [0.3, 0.4) is 0 Å². The fraction of sp³-hybridized carbons (Fsp3) is 0.474. The fourth-order valence-electron chi connectivity index (χ4n) is 3.89. The second kappa shape index (κ2) is 6.38. The van der Waals surface area contributed by atoms with E-state index in [0.717, 1.165) is 44.3 Å². The van der Waals surface area contributed by atoms with Crippen LogP contribution in [-0.2, 0) is 11.3 Å². The van der Waals surface area contributed by atoms with E-state index in [4.69, 9.17) is 0 Å². The van der Waals surface area contributed by atoms with Crippen LogP contribution in [0.4, 0.5) is 4.39 Å². The summed E-state index contributed by atoms with van der Waals surface area (Å²) < 4.78 is 15.3. The predicted octanol–water partition coefficient (Wildman–Crippen LogP) is 3.21. The van der Waals surface area contributed by atoms with E-state index in [-0.39, 0.29) is 29.6 Å². The lowest BCUT2D eigenvalue weighted by atomic mass is 10.0. The van der Waals surface area contributed by atoms with Crippen molar-refractivity contribution < 1.29 is 9.18 Å². The Balaban J connectivity index is 1.45. The number of benzene rings is 1. The summed E-state index contributed by atoms with van der Waals surface area (Å²) in [5.74, 6) is 0.215. The zero-order valence-electron chi connectivity index (χ0n) is 13.6. The number of piperidine rings is 1. The average molecular weight is 327 g/mol. The Labute approximate surface area is 141 Å².